The molecule has 2 aliphatic carbocycles. The number of nitrogens with zero attached hydrogens (tertiary/aromatic N) is 3. The summed E-state index contributed by atoms with van der Waals surface area (Å²) in [7, 11) is 0. The van der Waals surface area contributed by atoms with Crippen molar-refractivity contribution in [3.63, 3.8) is 0 Å². The van der Waals surface area contributed by atoms with Crippen LogP contribution < -0.4 is 15.8 Å². The number of pyridine rings is 1. The lowest BCUT2D eigenvalue weighted by Crippen LogP contribution is -2.34. The fourth-order valence-corrected chi connectivity index (χ4v) is 7.51. The van der Waals surface area contributed by atoms with Crippen LogP contribution >= 0.6 is 23.6 Å². The van der Waals surface area contributed by atoms with Crippen LogP contribution in [0.2, 0.25) is 5.02 Å². The zero-order valence-corrected chi connectivity index (χ0v) is 34.1. The minimum absolute atomic E-state index is 0.0803. The van der Waals surface area contributed by atoms with Gasteiger partial charge in [-0.1, -0.05) is 23.6 Å². The van der Waals surface area contributed by atoms with E-state index in [0.717, 1.165) is 25.0 Å². The summed E-state index contributed by atoms with van der Waals surface area (Å²) >= 11 is 6.31. The molecule has 2 fully saturated rings. The number of aromatic nitrogens is 3. The molecule has 59 heavy (non-hydrogen) atoms. The Balaban J connectivity index is 1.46. The van der Waals surface area contributed by atoms with Gasteiger partial charge in [0.05, 0.1) is 44.7 Å². The highest BCUT2D eigenvalue weighted by Gasteiger charge is 2.45. The molecule has 2 saturated carbocycles. The van der Waals surface area contributed by atoms with Crippen LogP contribution in [0.5, 0.6) is 0 Å². The molecule has 2 aliphatic rings. The third-order valence-corrected chi connectivity index (χ3v) is 11.3. The summed E-state index contributed by atoms with van der Waals surface area (Å²) in [6.07, 6.45) is -2.79. The Hall–Kier alpha value is -4.45. The highest BCUT2D eigenvalue weighted by molar-refractivity contribution is 7.95. The Bertz CT molecular complexity index is 2330. The number of allylic oxidation sites excluding steroid dienone is 2. The minimum Gasteiger partial charge on any atom is -0.593 e. The van der Waals surface area contributed by atoms with Crippen LogP contribution in [0.25, 0.3) is 22.0 Å². The van der Waals surface area contributed by atoms with Gasteiger partial charge in [0.1, 0.15) is 35.3 Å². The second-order valence-electron chi connectivity index (χ2n) is 14.2. The van der Waals surface area contributed by atoms with Crippen molar-refractivity contribution >= 4 is 63.3 Å². The van der Waals surface area contributed by atoms with Gasteiger partial charge in [0.25, 0.3) is 12.3 Å². The van der Waals surface area contributed by atoms with Crippen LogP contribution in [-0.4, -0.2) is 66.8 Å². The Morgan fingerprint density at radius 3 is 2.58 bits per heavy atom. The Kier molecular flexibility index (Phi) is 13.8. The molecule has 2 aromatic carbocycles. The topological polar surface area (TPSA) is 163 Å². The number of alkyl halides is 4. The number of halogens is 7. The zero-order valence-electron chi connectivity index (χ0n) is 31.7. The number of rotatable bonds is 15. The van der Waals surface area contributed by atoms with E-state index in [1.807, 2.05) is 0 Å². The molecule has 11 nitrogen and oxygen atoms in total. The Labute approximate surface area is 347 Å². The van der Waals surface area contributed by atoms with Gasteiger partial charge in [0.2, 0.25) is 11.7 Å². The fourth-order valence-electron chi connectivity index (χ4n) is 6.10. The average Bonchev–Trinajstić information content (AvgIpc) is 3.82. The van der Waals surface area contributed by atoms with E-state index in [1.54, 1.807) is 45.0 Å². The molecular weight excluding hydrogens is 844 g/mol. The molecule has 2 unspecified atom stereocenters. The largest absolute Gasteiger partial charge is 0.593 e. The van der Waals surface area contributed by atoms with Crippen molar-refractivity contribution in [2.24, 2.45) is 10.7 Å². The van der Waals surface area contributed by atoms with Gasteiger partial charge in [-0.3, -0.25) is 14.9 Å². The molecule has 0 aliphatic heterocycles. The van der Waals surface area contributed by atoms with Gasteiger partial charge in [-0.2, -0.15) is 22.9 Å². The molecule has 0 radical (unpaired) electrons. The van der Waals surface area contributed by atoms with Gasteiger partial charge in [0, 0.05) is 46.5 Å². The molecule has 0 spiro atoms. The van der Waals surface area contributed by atoms with Gasteiger partial charge in [0.15, 0.2) is 5.60 Å². The molecule has 2 heterocycles. The number of amides is 1. The van der Waals surface area contributed by atoms with Gasteiger partial charge in [-0.05, 0) is 88.3 Å². The third-order valence-electron chi connectivity index (χ3n) is 9.11. The van der Waals surface area contributed by atoms with Crippen LogP contribution in [0.4, 0.5) is 32.2 Å². The lowest BCUT2D eigenvalue weighted by Gasteiger charge is -2.22. The van der Waals surface area contributed by atoms with Gasteiger partial charge >= 0.3 is 0 Å². The van der Waals surface area contributed by atoms with E-state index >= 15 is 0 Å². The third kappa shape index (κ3) is 11.0. The standard InChI is InChI=1S/C39H38ClF6N7O4S2/c1-4-59(55)53-37-31-28(40)10-9-26(34(31)51-52-37)25-8-5-23(11-13-38(2,3)56-57-58-24-6-7-24)49-33(25)29(17-20-15-21(41)18-22(42)16-20)50-30(54)19-48-35-27(32(47)36(43)44)12-14-39(35,45)46/h5,8-10,15-16,18,24,29,36H,4,6-7,12,14,17,19,47H2,1-3H3,(H,50,54)(H2,51,52,53). The maximum absolute atomic E-state index is 14.9. The summed E-state index contributed by atoms with van der Waals surface area (Å²) in [5.41, 5.74) is 3.19. The molecular formula is C39H38ClF6N7O4S2. The predicted molar refractivity (Wildman–Crippen MR) is 215 cm³/mol. The second kappa shape index (κ2) is 18.4. The average molecular weight is 882 g/mol. The number of fused-ring (bicyclic) bond motifs is 1. The first kappa shape index (κ1) is 44.1. The summed E-state index contributed by atoms with van der Waals surface area (Å²) in [6, 6.07) is 7.93. The lowest BCUT2D eigenvalue weighted by atomic mass is 9.93. The van der Waals surface area contributed by atoms with E-state index in [2.05, 4.69) is 37.1 Å². The van der Waals surface area contributed by atoms with E-state index in [1.165, 1.54) is 12.0 Å². The van der Waals surface area contributed by atoms with Crippen molar-refractivity contribution in [3.05, 3.63) is 87.3 Å². The summed E-state index contributed by atoms with van der Waals surface area (Å²) in [4.78, 5) is 27.8. The molecule has 4 aromatic rings. The van der Waals surface area contributed by atoms with Crippen LogP contribution in [0.15, 0.2) is 58.7 Å². The van der Waals surface area contributed by atoms with Crippen molar-refractivity contribution < 1.29 is 44.9 Å². The maximum Gasteiger partial charge on any atom is 0.289 e. The number of anilines is 1. The first-order valence-corrected chi connectivity index (χ1v) is 20.8. The van der Waals surface area contributed by atoms with Crippen LogP contribution in [0, 0.1) is 23.5 Å². The van der Waals surface area contributed by atoms with E-state index < -0.39 is 89.3 Å². The minimum atomic E-state index is -3.63. The SMILES string of the molecule is CC[S+]([O-])Nc1n[nH]c2c(-c3ccc(C#CC(C)(C)OOSC4CC4)nc3C(Cc3cc(F)cc(F)c3)NC(=O)CN=C3C(=C(N)C(F)F)CCC3(F)F)ccc(Cl)c12. The number of nitrogens with two attached hydrogens (primary N) is 1. The number of hydrogen-bond donors (Lipinski definition) is 4. The Morgan fingerprint density at radius 1 is 1.19 bits per heavy atom. The zero-order chi connectivity index (χ0) is 42.6. The van der Waals surface area contributed by atoms with E-state index in [-0.39, 0.29) is 40.0 Å². The molecule has 314 valence electrons. The molecule has 5 N–H and O–H groups in total. The fraction of sp³-hybridized carbons (Fsp3) is 0.385. The van der Waals surface area contributed by atoms with Crippen LogP contribution in [0.3, 0.4) is 0 Å². The molecule has 20 heteroatoms. The Morgan fingerprint density at radius 2 is 1.90 bits per heavy atom. The van der Waals surface area contributed by atoms with Crippen molar-refractivity contribution in [1.29, 1.82) is 0 Å². The smallest absolute Gasteiger partial charge is 0.289 e. The summed E-state index contributed by atoms with van der Waals surface area (Å²) in [5.74, 6) is -0.0487. The van der Waals surface area contributed by atoms with Crippen molar-refractivity contribution in [3.8, 4) is 23.0 Å². The van der Waals surface area contributed by atoms with E-state index in [9.17, 15) is 35.7 Å². The van der Waals surface area contributed by atoms with E-state index in [4.69, 9.17) is 31.5 Å². The van der Waals surface area contributed by atoms with Crippen molar-refractivity contribution in [2.45, 2.75) is 82.1 Å². The summed E-state index contributed by atoms with van der Waals surface area (Å²) in [6.45, 7) is 4.11. The predicted octanol–water partition coefficient (Wildman–Crippen LogP) is 8.29. The lowest BCUT2D eigenvalue weighted by molar-refractivity contribution is -0.247. The number of nitrogens with one attached hydrogen (secondary N) is 3. The first-order chi connectivity index (χ1) is 27.9. The highest BCUT2D eigenvalue weighted by atomic mass is 35.5. The number of carbonyl (C=O) groups excluding carboxylic acids is 1. The number of aliphatic imine (C=N–C) groups is 1. The van der Waals surface area contributed by atoms with Gasteiger partial charge < -0.3 is 15.6 Å². The second-order valence-corrected chi connectivity index (χ2v) is 17.1. The molecule has 1 amide bonds. The quantitative estimate of drug-likeness (QED) is 0.0230. The van der Waals surface area contributed by atoms with Crippen molar-refractivity contribution in [1.82, 2.24) is 20.5 Å². The number of hydrogen-bond acceptors (Lipinski definition) is 10. The normalized spacial score (nSPS) is 17.9. The highest BCUT2D eigenvalue weighted by Crippen LogP contribution is 2.40. The maximum atomic E-state index is 14.9. The molecule has 2 aromatic heterocycles. The number of carbonyl (C=O) groups is 1. The van der Waals surface area contributed by atoms with Crippen molar-refractivity contribution in [2.75, 3.05) is 17.0 Å². The van der Waals surface area contributed by atoms with E-state index in [0.29, 0.717) is 33.3 Å². The molecule has 2 atom stereocenters. The number of aromatic amines is 1. The van der Waals surface area contributed by atoms with Crippen LogP contribution in [0.1, 0.15) is 69.4 Å². The summed E-state index contributed by atoms with van der Waals surface area (Å²) < 4.78 is 106. The van der Waals surface area contributed by atoms with Gasteiger partial charge in [-0.15, -0.1) is 0 Å². The number of benzene rings is 2. The number of H-pyrrole nitrogens is 1. The van der Waals surface area contributed by atoms with Gasteiger partial charge in [-0.25, -0.2) is 27.4 Å². The molecule has 0 bridgehead atoms. The molecule has 6 rings (SSSR count). The summed E-state index contributed by atoms with van der Waals surface area (Å²) in [5, 5.41) is 10.9. The monoisotopic (exact) mass is 881 g/mol. The van der Waals surface area contributed by atoms with Crippen LogP contribution in [-0.2, 0) is 31.8 Å². The first-order valence-electron chi connectivity index (χ1n) is 18.3. The molecule has 0 saturated heterocycles.